The van der Waals surface area contributed by atoms with E-state index in [1.54, 1.807) is 17.0 Å². The Morgan fingerprint density at radius 1 is 1.43 bits per heavy atom. The molecular formula is C13H14N6OS. The number of thiazole rings is 1. The number of anilines is 1. The Balaban J connectivity index is 1.74. The SMILES string of the molecule is Cc1nn2cnnc2c(C)c1CCC(=O)Nc1nccs1. The molecule has 0 unspecified atom stereocenters. The molecule has 3 aromatic rings. The Bertz CT molecular complexity index is 779. The van der Waals surface area contributed by atoms with Crippen LogP contribution < -0.4 is 5.32 Å². The van der Waals surface area contributed by atoms with Crippen LogP contribution in [0, 0.1) is 13.8 Å². The number of rotatable bonds is 4. The largest absolute Gasteiger partial charge is 0.302 e. The third-order valence-electron chi connectivity index (χ3n) is 3.29. The molecule has 3 aromatic heterocycles. The third-order valence-corrected chi connectivity index (χ3v) is 3.98. The van der Waals surface area contributed by atoms with Gasteiger partial charge >= 0.3 is 0 Å². The van der Waals surface area contributed by atoms with Crippen molar-refractivity contribution in [2.75, 3.05) is 5.32 Å². The number of aryl methyl sites for hydroxylation is 2. The zero-order valence-corrected chi connectivity index (χ0v) is 12.5. The topological polar surface area (TPSA) is 85.1 Å². The summed E-state index contributed by atoms with van der Waals surface area (Å²) in [6.07, 6.45) is 4.24. The Morgan fingerprint density at radius 3 is 3.05 bits per heavy atom. The van der Waals surface area contributed by atoms with E-state index >= 15 is 0 Å². The van der Waals surface area contributed by atoms with E-state index in [0.717, 1.165) is 22.5 Å². The number of fused-ring (bicyclic) bond motifs is 1. The fraction of sp³-hybridized carbons (Fsp3) is 0.308. The first-order chi connectivity index (χ1) is 10.1. The molecule has 1 N–H and O–H groups in total. The molecule has 0 saturated heterocycles. The predicted octanol–water partition coefficient (Wildman–Crippen LogP) is 1.77. The standard InChI is InChI=1S/C13H14N6OS/c1-8-10(9(2)18-19-7-15-17-12(8)19)3-4-11(20)16-13-14-5-6-21-13/h5-7H,3-4H2,1-2H3,(H,14,16,20). The van der Waals surface area contributed by atoms with E-state index in [1.807, 2.05) is 19.2 Å². The van der Waals surface area contributed by atoms with Crippen molar-refractivity contribution in [3.63, 3.8) is 0 Å². The molecule has 21 heavy (non-hydrogen) atoms. The molecule has 3 heterocycles. The summed E-state index contributed by atoms with van der Waals surface area (Å²) in [7, 11) is 0. The first kappa shape index (κ1) is 13.6. The van der Waals surface area contributed by atoms with Crippen LogP contribution in [0.5, 0.6) is 0 Å². The van der Waals surface area contributed by atoms with Crippen LogP contribution in [-0.2, 0) is 11.2 Å². The smallest absolute Gasteiger partial charge is 0.226 e. The van der Waals surface area contributed by atoms with Gasteiger partial charge in [-0.25, -0.2) is 9.50 Å². The minimum Gasteiger partial charge on any atom is -0.302 e. The molecular weight excluding hydrogens is 288 g/mol. The molecule has 0 aliphatic carbocycles. The second-order valence-electron chi connectivity index (χ2n) is 4.67. The molecule has 3 rings (SSSR count). The molecule has 0 aliphatic heterocycles. The summed E-state index contributed by atoms with van der Waals surface area (Å²) in [5.41, 5.74) is 3.68. The van der Waals surface area contributed by atoms with Crippen molar-refractivity contribution in [2.24, 2.45) is 0 Å². The maximum atomic E-state index is 11.9. The van der Waals surface area contributed by atoms with Gasteiger partial charge in [-0.15, -0.1) is 21.5 Å². The average molecular weight is 302 g/mol. The van der Waals surface area contributed by atoms with Crippen LogP contribution in [0.1, 0.15) is 23.2 Å². The number of hydrogen-bond acceptors (Lipinski definition) is 6. The van der Waals surface area contributed by atoms with E-state index in [4.69, 9.17) is 0 Å². The van der Waals surface area contributed by atoms with Crippen molar-refractivity contribution >= 4 is 28.0 Å². The summed E-state index contributed by atoms with van der Waals surface area (Å²) in [4.78, 5) is 16.0. The molecule has 0 fully saturated rings. The minimum absolute atomic E-state index is 0.0508. The number of amides is 1. The highest BCUT2D eigenvalue weighted by atomic mass is 32.1. The minimum atomic E-state index is -0.0508. The molecule has 0 saturated carbocycles. The maximum absolute atomic E-state index is 11.9. The molecule has 1 amide bonds. The van der Waals surface area contributed by atoms with E-state index in [2.05, 4.69) is 25.6 Å². The summed E-state index contributed by atoms with van der Waals surface area (Å²) in [6, 6.07) is 0. The van der Waals surface area contributed by atoms with Crippen molar-refractivity contribution in [3.05, 3.63) is 34.7 Å². The van der Waals surface area contributed by atoms with Crippen molar-refractivity contribution in [1.29, 1.82) is 0 Å². The molecule has 0 bridgehead atoms. The number of carbonyl (C=O) groups is 1. The van der Waals surface area contributed by atoms with Crippen LogP contribution in [-0.4, -0.2) is 30.7 Å². The molecule has 0 atom stereocenters. The van der Waals surface area contributed by atoms with Gasteiger partial charge in [-0.3, -0.25) is 4.79 Å². The van der Waals surface area contributed by atoms with Crippen LogP contribution in [0.25, 0.3) is 5.65 Å². The highest BCUT2D eigenvalue weighted by Gasteiger charge is 2.13. The first-order valence-electron chi connectivity index (χ1n) is 6.50. The van der Waals surface area contributed by atoms with Crippen molar-refractivity contribution in [2.45, 2.75) is 26.7 Å². The van der Waals surface area contributed by atoms with Gasteiger partial charge < -0.3 is 5.32 Å². The fourth-order valence-electron chi connectivity index (χ4n) is 2.25. The summed E-state index contributed by atoms with van der Waals surface area (Å²) in [5, 5.41) is 17.5. The number of carbonyl (C=O) groups excluding carboxylic acids is 1. The second kappa shape index (κ2) is 5.57. The van der Waals surface area contributed by atoms with Crippen LogP contribution >= 0.6 is 11.3 Å². The van der Waals surface area contributed by atoms with Gasteiger partial charge in [-0.2, -0.15) is 5.10 Å². The Morgan fingerprint density at radius 2 is 2.29 bits per heavy atom. The van der Waals surface area contributed by atoms with E-state index in [-0.39, 0.29) is 5.91 Å². The second-order valence-corrected chi connectivity index (χ2v) is 5.57. The fourth-order valence-corrected chi connectivity index (χ4v) is 2.80. The van der Waals surface area contributed by atoms with Crippen LogP contribution in [0.4, 0.5) is 5.13 Å². The lowest BCUT2D eigenvalue weighted by atomic mass is 10.0. The quantitative estimate of drug-likeness (QED) is 0.794. The van der Waals surface area contributed by atoms with Gasteiger partial charge in [0.15, 0.2) is 10.8 Å². The van der Waals surface area contributed by atoms with Crippen LogP contribution in [0.3, 0.4) is 0 Å². The van der Waals surface area contributed by atoms with Gasteiger partial charge in [-0.1, -0.05) is 0 Å². The highest BCUT2D eigenvalue weighted by Crippen LogP contribution is 2.18. The molecule has 0 radical (unpaired) electrons. The summed E-state index contributed by atoms with van der Waals surface area (Å²) >= 11 is 1.41. The molecule has 7 nitrogen and oxygen atoms in total. The van der Waals surface area contributed by atoms with Crippen molar-refractivity contribution in [1.82, 2.24) is 24.8 Å². The van der Waals surface area contributed by atoms with Crippen LogP contribution in [0.2, 0.25) is 0 Å². The highest BCUT2D eigenvalue weighted by molar-refractivity contribution is 7.13. The number of aromatic nitrogens is 5. The Kier molecular flexibility index (Phi) is 3.61. The summed E-state index contributed by atoms with van der Waals surface area (Å²) in [6.45, 7) is 3.91. The first-order valence-corrected chi connectivity index (χ1v) is 7.38. The van der Waals surface area contributed by atoms with Gasteiger partial charge in [0.05, 0.1) is 5.69 Å². The number of hydrogen-bond donors (Lipinski definition) is 1. The van der Waals surface area contributed by atoms with Gasteiger partial charge in [0.2, 0.25) is 5.91 Å². The molecule has 0 aliphatic rings. The van der Waals surface area contributed by atoms with E-state index in [0.29, 0.717) is 18.0 Å². The zero-order chi connectivity index (χ0) is 14.8. The molecule has 108 valence electrons. The van der Waals surface area contributed by atoms with Crippen LogP contribution in [0.15, 0.2) is 17.9 Å². The van der Waals surface area contributed by atoms with Gasteiger partial charge in [-0.05, 0) is 25.8 Å². The maximum Gasteiger partial charge on any atom is 0.226 e. The lowest BCUT2D eigenvalue weighted by Crippen LogP contribution is -2.13. The Labute approximate surface area is 125 Å². The summed E-state index contributed by atoms with van der Waals surface area (Å²) < 4.78 is 1.66. The van der Waals surface area contributed by atoms with Crippen molar-refractivity contribution < 1.29 is 4.79 Å². The van der Waals surface area contributed by atoms with E-state index in [1.165, 1.54) is 11.3 Å². The summed E-state index contributed by atoms with van der Waals surface area (Å²) in [5.74, 6) is -0.0508. The normalized spacial score (nSPS) is 11.0. The predicted molar refractivity (Wildman–Crippen MR) is 79.3 cm³/mol. The third kappa shape index (κ3) is 2.75. The Hall–Kier alpha value is -2.35. The lowest BCUT2D eigenvalue weighted by Gasteiger charge is -2.09. The molecule has 8 heteroatoms. The molecule has 0 aromatic carbocycles. The van der Waals surface area contributed by atoms with Crippen molar-refractivity contribution in [3.8, 4) is 0 Å². The molecule has 0 spiro atoms. The lowest BCUT2D eigenvalue weighted by molar-refractivity contribution is -0.116. The van der Waals surface area contributed by atoms with E-state index in [9.17, 15) is 4.79 Å². The number of nitrogens with zero attached hydrogens (tertiary/aromatic N) is 5. The van der Waals surface area contributed by atoms with Gasteiger partial charge in [0.1, 0.15) is 6.33 Å². The number of nitrogens with one attached hydrogen (secondary N) is 1. The van der Waals surface area contributed by atoms with E-state index < -0.39 is 0 Å². The zero-order valence-electron chi connectivity index (χ0n) is 11.7. The average Bonchev–Trinajstić information content (AvgIpc) is 3.09. The monoisotopic (exact) mass is 302 g/mol. The van der Waals surface area contributed by atoms with Gasteiger partial charge in [0.25, 0.3) is 0 Å². The van der Waals surface area contributed by atoms with Gasteiger partial charge in [0, 0.05) is 23.6 Å².